The van der Waals surface area contributed by atoms with Gasteiger partial charge in [-0.3, -0.25) is 4.57 Å². The van der Waals surface area contributed by atoms with Gasteiger partial charge >= 0.3 is 0 Å². The summed E-state index contributed by atoms with van der Waals surface area (Å²) in [5.74, 6) is 2.47. The number of fused-ring (bicyclic) bond motifs is 4. The summed E-state index contributed by atoms with van der Waals surface area (Å²) in [7, 11) is 0. The van der Waals surface area contributed by atoms with Crippen LogP contribution < -0.4 is 14.5 Å². The molecule has 5 heteroatoms. The number of anilines is 4. The van der Waals surface area contributed by atoms with E-state index in [0.29, 0.717) is 6.67 Å². The molecule has 9 aromatic rings. The molecule has 0 atom stereocenters. The van der Waals surface area contributed by atoms with Crippen LogP contribution in [0.15, 0.2) is 164 Å². The third kappa shape index (κ3) is 10.4. The molecule has 7 aromatic carbocycles. The molecule has 0 bridgehead atoms. The number of benzene rings is 7. The first-order chi connectivity index (χ1) is 36.8. The highest BCUT2D eigenvalue weighted by Gasteiger charge is 2.37. The Bertz CT molecular complexity index is 3750. The van der Waals surface area contributed by atoms with Crippen molar-refractivity contribution in [1.82, 2.24) is 9.55 Å². The summed E-state index contributed by atoms with van der Waals surface area (Å²) < 4.78 is 9.82. The second-order valence-corrected chi connectivity index (χ2v) is 28.8. The molecule has 1 aliphatic heterocycles. The lowest BCUT2D eigenvalue weighted by atomic mass is 9.74. The Balaban J connectivity index is 1.21. The number of ether oxygens (including phenoxy) is 1. The van der Waals surface area contributed by atoms with Crippen LogP contribution in [0.4, 0.5) is 22.7 Å². The Kier molecular flexibility index (Phi) is 13.5. The Morgan fingerprint density at radius 3 is 1.35 bits per heavy atom. The van der Waals surface area contributed by atoms with Crippen LogP contribution in [0.3, 0.4) is 0 Å². The molecular formula is C74H86N4O. The van der Waals surface area contributed by atoms with Crippen molar-refractivity contribution in [1.29, 1.82) is 0 Å². The molecule has 1 aliphatic rings. The molecule has 0 spiro atoms. The number of pyridine rings is 1. The third-order valence-corrected chi connectivity index (χ3v) is 17.0. The SMILES string of the molecule is CC(C)(C)c1cc(N2CN(c3cc(Oc4cc(C(C)(C)C)c5c6ccccc6n(-c6cc(C(C)(C)C)ccn6)c5c4)cc(C(C)(C)c4ccccc4)c3)c3cc(C(C)(C)C)c(C(C)(C)C)cc32)cc(C(C)(C)c2ccccc2)c1. The van der Waals surface area contributed by atoms with Crippen molar-refractivity contribution in [2.24, 2.45) is 0 Å². The quantitative estimate of drug-likeness (QED) is 0.144. The zero-order valence-electron chi connectivity index (χ0n) is 51.0. The van der Waals surface area contributed by atoms with Crippen LogP contribution in [-0.2, 0) is 37.9 Å². The average molecular weight is 1050 g/mol. The highest BCUT2D eigenvalue weighted by molar-refractivity contribution is 6.11. The van der Waals surface area contributed by atoms with Crippen LogP contribution in [0, 0.1) is 0 Å². The first-order valence-corrected chi connectivity index (χ1v) is 28.7. The Morgan fingerprint density at radius 2 is 0.835 bits per heavy atom. The lowest BCUT2D eigenvalue weighted by Crippen LogP contribution is -2.27. The maximum Gasteiger partial charge on any atom is 0.137 e. The summed E-state index contributed by atoms with van der Waals surface area (Å²) in [4.78, 5) is 10.2. The van der Waals surface area contributed by atoms with E-state index in [1.165, 1.54) is 77.9 Å². The van der Waals surface area contributed by atoms with Gasteiger partial charge in [0.05, 0.1) is 22.4 Å². The van der Waals surface area contributed by atoms with Gasteiger partial charge in [0.15, 0.2) is 0 Å². The van der Waals surface area contributed by atoms with E-state index in [4.69, 9.17) is 9.72 Å². The Hall–Kier alpha value is -7.11. The zero-order chi connectivity index (χ0) is 57.0. The first-order valence-electron chi connectivity index (χ1n) is 28.7. The third-order valence-electron chi connectivity index (χ3n) is 17.0. The summed E-state index contributed by atoms with van der Waals surface area (Å²) in [6, 6.07) is 59.0. The normalized spacial score (nSPS) is 13.9. The van der Waals surface area contributed by atoms with Gasteiger partial charge in [0.2, 0.25) is 0 Å². The largest absolute Gasteiger partial charge is 0.457 e. The number of hydrogen-bond acceptors (Lipinski definition) is 4. The molecular weight excluding hydrogens is 961 g/mol. The second-order valence-electron chi connectivity index (χ2n) is 28.8. The standard InChI is InChI=1S/C74H86N4O/c1-68(2,3)50-34-35-75-66(41-50)78-62-33-27-26-32-58(62)67-61(72(13,14)15)43-57(44-65(67)78)79-56-40-53(74(18,19)49-30-24-21-25-31-49)39-55(42-56)77-47-76(63-45-59(70(7,8)9)60(46-64(63)77)71(10,11)12)54-37-51(69(4,5)6)36-52(38-54)73(16,17)48-28-22-20-23-29-48/h20-46H,47H2,1-19H3. The molecule has 0 radical (unpaired) electrons. The fourth-order valence-electron chi connectivity index (χ4n) is 11.9. The van der Waals surface area contributed by atoms with E-state index in [1.807, 2.05) is 6.20 Å². The van der Waals surface area contributed by atoms with E-state index in [-0.39, 0.29) is 37.9 Å². The summed E-state index contributed by atoms with van der Waals surface area (Å²) in [5, 5.41) is 2.43. The molecule has 0 unspecified atom stereocenters. The minimum atomic E-state index is -0.375. The van der Waals surface area contributed by atoms with Crippen molar-refractivity contribution >= 4 is 44.6 Å². The van der Waals surface area contributed by atoms with Crippen molar-refractivity contribution in [3.05, 3.63) is 214 Å². The molecule has 5 nitrogen and oxygen atoms in total. The maximum absolute atomic E-state index is 7.47. The van der Waals surface area contributed by atoms with Crippen molar-refractivity contribution in [3.63, 3.8) is 0 Å². The molecule has 408 valence electrons. The van der Waals surface area contributed by atoms with Crippen molar-refractivity contribution in [3.8, 4) is 17.3 Å². The van der Waals surface area contributed by atoms with Gasteiger partial charge in [-0.1, -0.05) is 216 Å². The zero-order valence-corrected chi connectivity index (χ0v) is 51.0. The summed E-state index contributed by atoms with van der Waals surface area (Å²) in [6.07, 6.45) is 1.96. The van der Waals surface area contributed by atoms with Gasteiger partial charge in [0.25, 0.3) is 0 Å². The van der Waals surface area contributed by atoms with Gasteiger partial charge in [-0.2, -0.15) is 0 Å². The van der Waals surface area contributed by atoms with Crippen LogP contribution in [0.2, 0.25) is 0 Å². The molecule has 0 aliphatic carbocycles. The number of hydrogen-bond donors (Lipinski definition) is 0. The van der Waals surface area contributed by atoms with Gasteiger partial charge in [-0.15, -0.1) is 0 Å². The van der Waals surface area contributed by atoms with Gasteiger partial charge in [-0.05, 0) is 138 Å². The molecule has 3 heterocycles. The highest BCUT2D eigenvalue weighted by atomic mass is 16.5. The smallest absolute Gasteiger partial charge is 0.137 e. The number of nitrogens with zero attached hydrogens (tertiary/aromatic N) is 4. The first kappa shape index (κ1) is 55.2. The molecule has 0 N–H and O–H groups in total. The minimum absolute atomic E-state index is 0.0493. The van der Waals surface area contributed by atoms with Gasteiger partial charge in [0.1, 0.15) is 24.0 Å². The van der Waals surface area contributed by atoms with Crippen LogP contribution in [0.5, 0.6) is 11.5 Å². The van der Waals surface area contributed by atoms with Crippen molar-refractivity contribution in [2.45, 2.75) is 169 Å². The van der Waals surface area contributed by atoms with Gasteiger partial charge in [0, 0.05) is 51.3 Å². The number of para-hydroxylation sites is 1. The molecule has 10 rings (SSSR count). The lowest BCUT2D eigenvalue weighted by Gasteiger charge is -2.33. The van der Waals surface area contributed by atoms with E-state index < -0.39 is 0 Å². The fraction of sp³-hybridized carbons (Fsp3) is 0.365. The van der Waals surface area contributed by atoms with E-state index in [0.717, 1.165) is 34.0 Å². The predicted molar refractivity (Wildman–Crippen MR) is 338 cm³/mol. The van der Waals surface area contributed by atoms with E-state index in [2.05, 4.69) is 304 Å². The van der Waals surface area contributed by atoms with Crippen LogP contribution >= 0.6 is 0 Å². The van der Waals surface area contributed by atoms with Crippen LogP contribution in [-0.4, -0.2) is 16.2 Å². The Labute approximate surface area is 473 Å². The second kappa shape index (κ2) is 19.3. The van der Waals surface area contributed by atoms with E-state index in [9.17, 15) is 0 Å². The highest BCUT2D eigenvalue weighted by Crippen LogP contribution is 2.52. The molecule has 0 saturated carbocycles. The number of rotatable bonds is 9. The topological polar surface area (TPSA) is 33.5 Å². The van der Waals surface area contributed by atoms with Crippen LogP contribution in [0.25, 0.3) is 27.6 Å². The maximum atomic E-state index is 7.47. The molecule has 0 saturated heterocycles. The minimum Gasteiger partial charge on any atom is -0.457 e. The monoisotopic (exact) mass is 1050 g/mol. The average Bonchev–Trinajstić information content (AvgIpc) is 3.76. The van der Waals surface area contributed by atoms with Crippen molar-refractivity contribution < 1.29 is 4.74 Å². The summed E-state index contributed by atoms with van der Waals surface area (Å²) in [6.45, 7) is 45.0. The van der Waals surface area contributed by atoms with E-state index >= 15 is 0 Å². The summed E-state index contributed by atoms with van der Waals surface area (Å²) >= 11 is 0. The summed E-state index contributed by atoms with van der Waals surface area (Å²) in [5.41, 5.74) is 17.2. The molecule has 79 heavy (non-hydrogen) atoms. The fourth-order valence-corrected chi connectivity index (χ4v) is 11.9. The molecule has 0 fully saturated rings. The predicted octanol–water partition coefficient (Wildman–Crippen LogP) is 20.4. The van der Waals surface area contributed by atoms with Crippen LogP contribution in [0.1, 0.15) is 182 Å². The molecule has 2 aromatic heterocycles. The number of aromatic nitrogens is 2. The molecule has 0 amide bonds. The van der Waals surface area contributed by atoms with Crippen molar-refractivity contribution in [2.75, 3.05) is 16.5 Å². The van der Waals surface area contributed by atoms with Gasteiger partial charge < -0.3 is 14.5 Å². The van der Waals surface area contributed by atoms with Gasteiger partial charge in [-0.25, -0.2) is 4.98 Å². The Morgan fingerprint density at radius 1 is 0.367 bits per heavy atom. The van der Waals surface area contributed by atoms with E-state index in [1.54, 1.807) is 0 Å². The lowest BCUT2D eigenvalue weighted by molar-refractivity contribution is 0.477.